The molecule has 0 aliphatic rings. The van der Waals surface area contributed by atoms with E-state index in [1.165, 1.54) is 11.3 Å². The summed E-state index contributed by atoms with van der Waals surface area (Å²) in [6.07, 6.45) is 0. The van der Waals surface area contributed by atoms with E-state index in [0.29, 0.717) is 10.3 Å². The van der Waals surface area contributed by atoms with Gasteiger partial charge >= 0.3 is 0 Å². The summed E-state index contributed by atoms with van der Waals surface area (Å²) in [6.45, 7) is 0.130. The second kappa shape index (κ2) is 5.48. The third kappa shape index (κ3) is 2.65. The number of thiophene rings is 1. The molecule has 3 aromatic rings. The maximum Gasteiger partial charge on any atom is 0.242 e. The molecule has 21 heavy (non-hydrogen) atoms. The predicted molar refractivity (Wildman–Crippen MR) is 77.9 cm³/mol. The Morgan fingerprint density at radius 3 is 2.86 bits per heavy atom. The Morgan fingerprint density at radius 2 is 2.14 bits per heavy atom. The van der Waals surface area contributed by atoms with Crippen molar-refractivity contribution in [3.63, 3.8) is 0 Å². The summed E-state index contributed by atoms with van der Waals surface area (Å²) in [4.78, 5) is 0.853. The third-order valence-electron chi connectivity index (χ3n) is 2.88. The van der Waals surface area contributed by atoms with Crippen LogP contribution in [0.15, 0.2) is 29.2 Å². The third-order valence-corrected chi connectivity index (χ3v) is 5.73. The number of hydrogen-bond donors (Lipinski definition) is 3. The molecule has 0 fully saturated rings. The maximum absolute atomic E-state index is 12.5. The van der Waals surface area contributed by atoms with E-state index in [-0.39, 0.29) is 23.8 Å². The molecule has 10 heteroatoms. The molecule has 0 spiro atoms. The van der Waals surface area contributed by atoms with Crippen LogP contribution in [0, 0.1) is 0 Å². The van der Waals surface area contributed by atoms with Crippen LogP contribution < -0.4 is 10.5 Å². The number of nitrogens with zero attached hydrogens (tertiary/aromatic N) is 3. The van der Waals surface area contributed by atoms with Crippen LogP contribution in [-0.4, -0.2) is 29.0 Å². The highest BCUT2D eigenvalue weighted by Gasteiger charge is 2.24. The molecule has 2 heterocycles. The second-order valence-electron chi connectivity index (χ2n) is 4.21. The Balaban J connectivity index is 2.01. The highest BCUT2D eigenvalue weighted by atomic mass is 32.2. The molecule has 3 rings (SSSR count). The summed E-state index contributed by atoms with van der Waals surface area (Å²) in [6, 6.07) is 7.31. The van der Waals surface area contributed by atoms with E-state index in [1.54, 1.807) is 12.1 Å². The molecule has 8 nitrogen and oxygen atoms in total. The van der Waals surface area contributed by atoms with Gasteiger partial charge in [-0.25, -0.2) is 13.1 Å². The van der Waals surface area contributed by atoms with Gasteiger partial charge in [0.2, 0.25) is 10.0 Å². The van der Waals surface area contributed by atoms with E-state index in [9.17, 15) is 8.42 Å². The van der Waals surface area contributed by atoms with Crippen molar-refractivity contribution in [2.75, 3.05) is 0 Å². The largest absolute Gasteiger partial charge is 0.326 e. The first-order chi connectivity index (χ1) is 10.1. The van der Waals surface area contributed by atoms with Crippen LogP contribution in [0.4, 0.5) is 0 Å². The van der Waals surface area contributed by atoms with E-state index in [4.69, 9.17) is 5.73 Å². The predicted octanol–water partition coefficient (Wildman–Crippen LogP) is 0.352. The first-order valence-electron chi connectivity index (χ1n) is 6.04. The summed E-state index contributed by atoms with van der Waals surface area (Å²) in [5.41, 5.74) is 5.68. The molecular formula is C11H12N6O2S2. The fourth-order valence-electron chi connectivity index (χ4n) is 1.99. The van der Waals surface area contributed by atoms with Crippen molar-refractivity contribution in [3.8, 4) is 0 Å². The van der Waals surface area contributed by atoms with Crippen LogP contribution in [0.25, 0.3) is 10.1 Å². The number of nitrogens with one attached hydrogen (secondary N) is 2. The van der Waals surface area contributed by atoms with Gasteiger partial charge in [-0.3, -0.25) is 0 Å². The van der Waals surface area contributed by atoms with Crippen molar-refractivity contribution in [3.05, 3.63) is 35.0 Å². The molecule has 1 aromatic carbocycles. The van der Waals surface area contributed by atoms with E-state index in [0.717, 1.165) is 4.70 Å². The number of rotatable bonds is 5. The number of fused-ring (bicyclic) bond motifs is 1. The van der Waals surface area contributed by atoms with E-state index in [1.807, 2.05) is 12.1 Å². The van der Waals surface area contributed by atoms with Crippen LogP contribution in [0.5, 0.6) is 0 Å². The average molecular weight is 324 g/mol. The fraction of sp³-hybridized carbons (Fsp3) is 0.182. The minimum absolute atomic E-state index is 0.0347. The number of tetrazole rings is 1. The fourth-order valence-corrected chi connectivity index (χ4v) is 4.80. The zero-order chi connectivity index (χ0) is 14.9. The molecule has 0 saturated heterocycles. The summed E-state index contributed by atoms with van der Waals surface area (Å²) >= 11 is 1.38. The molecule has 0 radical (unpaired) electrons. The summed E-state index contributed by atoms with van der Waals surface area (Å²) < 4.78 is 28.4. The molecule has 0 atom stereocenters. The normalized spacial score (nSPS) is 12.0. The van der Waals surface area contributed by atoms with Crippen LogP contribution >= 0.6 is 11.3 Å². The first-order valence-corrected chi connectivity index (χ1v) is 8.34. The highest BCUT2D eigenvalue weighted by Crippen LogP contribution is 2.34. The van der Waals surface area contributed by atoms with Crippen LogP contribution in [0.2, 0.25) is 0 Å². The van der Waals surface area contributed by atoms with Gasteiger partial charge in [-0.1, -0.05) is 23.4 Å². The Kier molecular flexibility index (Phi) is 3.68. The van der Waals surface area contributed by atoms with Gasteiger partial charge in [0.1, 0.15) is 4.90 Å². The van der Waals surface area contributed by atoms with Crippen molar-refractivity contribution in [2.24, 2.45) is 5.73 Å². The van der Waals surface area contributed by atoms with Gasteiger partial charge in [0.15, 0.2) is 5.82 Å². The Bertz CT molecular complexity index is 856. The van der Waals surface area contributed by atoms with Crippen molar-refractivity contribution < 1.29 is 8.42 Å². The Morgan fingerprint density at radius 1 is 1.33 bits per heavy atom. The maximum atomic E-state index is 12.5. The van der Waals surface area contributed by atoms with E-state index in [2.05, 4.69) is 25.3 Å². The Hall–Kier alpha value is -1.88. The van der Waals surface area contributed by atoms with Crippen LogP contribution in [-0.2, 0) is 23.1 Å². The lowest BCUT2D eigenvalue weighted by molar-refractivity contribution is 0.579. The monoisotopic (exact) mass is 324 g/mol. The molecule has 0 bridgehead atoms. The second-order valence-corrected chi connectivity index (χ2v) is 7.05. The van der Waals surface area contributed by atoms with E-state index < -0.39 is 10.0 Å². The molecular weight excluding hydrogens is 312 g/mol. The Labute approximate surface area is 124 Å². The van der Waals surface area contributed by atoms with E-state index >= 15 is 0 Å². The highest BCUT2D eigenvalue weighted by molar-refractivity contribution is 7.90. The standard InChI is InChI=1S/C11H12N6O2S2/c12-5-9-11(7-3-1-2-4-8(7)20-9)21(18,19)13-6-10-14-16-17-15-10/h1-4,13H,5-6,12H2,(H,14,15,16,17). The average Bonchev–Trinajstić information content (AvgIpc) is 3.12. The number of aromatic nitrogens is 4. The van der Waals surface area contributed by atoms with Crippen molar-refractivity contribution >= 4 is 31.4 Å². The molecule has 0 aliphatic carbocycles. The lowest BCUT2D eigenvalue weighted by Crippen LogP contribution is -2.24. The minimum atomic E-state index is -3.70. The van der Waals surface area contributed by atoms with Gasteiger partial charge in [0.25, 0.3) is 0 Å². The molecule has 2 aromatic heterocycles. The zero-order valence-electron chi connectivity index (χ0n) is 10.8. The van der Waals surface area contributed by atoms with Gasteiger partial charge in [-0.2, -0.15) is 5.21 Å². The number of nitrogens with two attached hydrogens (primary N) is 1. The smallest absolute Gasteiger partial charge is 0.242 e. The van der Waals surface area contributed by atoms with Crippen molar-refractivity contribution in [1.82, 2.24) is 25.3 Å². The quantitative estimate of drug-likeness (QED) is 0.621. The van der Waals surface area contributed by atoms with Gasteiger partial charge in [0.05, 0.1) is 6.54 Å². The molecule has 4 N–H and O–H groups in total. The number of benzene rings is 1. The van der Waals surface area contributed by atoms with Crippen LogP contribution in [0.3, 0.4) is 0 Å². The lowest BCUT2D eigenvalue weighted by atomic mass is 10.2. The number of H-pyrrole nitrogens is 1. The molecule has 0 aliphatic heterocycles. The molecule has 0 saturated carbocycles. The van der Waals surface area contributed by atoms with Gasteiger partial charge in [-0.15, -0.1) is 21.5 Å². The van der Waals surface area contributed by atoms with Gasteiger partial charge in [0, 0.05) is 21.5 Å². The van der Waals surface area contributed by atoms with Crippen molar-refractivity contribution in [1.29, 1.82) is 0 Å². The number of hydrogen-bond acceptors (Lipinski definition) is 7. The van der Waals surface area contributed by atoms with Gasteiger partial charge in [-0.05, 0) is 6.07 Å². The minimum Gasteiger partial charge on any atom is -0.326 e. The molecule has 0 amide bonds. The molecule has 110 valence electrons. The zero-order valence-corrected chi connectivity index (χ0v) is 12.4. The SMILES string of the molecule is NCc1sc2ccccc2c1S(=O)(=O)NCc1nn[nH]n1. The summed E-state index contributed by atoms with van der Waals surface area (Å²) in [5, 5.41) is 13.7. The topological polar surface area (TPSA) is 127 Å². The van der Waals surface area contributed by atoms with Crippen LogP contribution in [0.1, 0.15) is 10.7 Å². The lowest BCUT2D eigenvalue weighted by Gasteiger charge is -2.06. The van der Waals surface area contributed by atoms with Gasteiger partial charge < -0.3 is 5.73 Å². The summed E-state index contributed by atoms with van der Waals surface area (Å²) in [5.74, 6) is 0.271. The summed E-state index contributed by atoms with van der Waals surface area (Å²) in [7, 11) is -3.70. The van der Waals surface area contributed by atoms with Crippen molar-refractivity contribution in [2.45, 2.75) is 18.0 Å². The first kappa shape index (κ1) is 14.1. The number of sulfonamides is 1. The molecule has 0 unspecified atom stereocenters. The number of aromatic amines is 1.